The number of hydrogen-bond donors (Lipinski definition) is 4. The number of carbonyl (C=O) groups excluding carboxylic acids is 1. The van der Waals surface area contributed by atoms with Crippen molar-refractivity contribution < 1.29 is 19.4 Å². The molecule has 1 amide bonds. The summed E-state index contributed by atoms with van der Waals surface area (Å²) in [4.78, 5) is 29.9. The summed E-state index contributed by atoms with van der Waals surface area (Å²) in [5, 5.41) is 12.0. The Morgan fingerprint density at radius 3 is 2.66 bits per heavy atom. The Hall–Kier alpha value is -3.36. The molecule has 3 aromatic rings. The van der Waals surface area contributed by atoms with Crippen LogP contribution >= 0.6 is 11.6 Å². The van der Waals surface area contributed by atoms with Gasteiger partial charge in [-0.25, -0.2) is 14.6 Å². The summed E-state index contributed by atoms with van der Waals surface area (Å²) in [6.45, 7) is 0. The third-order valence-corrected chi connectivity index (χ3v) is 4.52. The zero-order valence-corrected chi connectivity index (χ0v) is 16.2. The molecule has 150 valence electrons. The number of methoxy groups -OCH3 is 1. The molecule has 5 N–H and O–H groups in total. The Kier molecular flexibility index (Phi) is 6.16. The summed E-state index contributed by atoms with van der Waals surface area (Å²) in [6.07, 6.45) is -0.164. The zero-order chi connectivity index (χ0) is 21.0. The molecule has 0 unspecified atom stereocenters. The predicted molar refractivity (Wildman–Crippen MR) is 109 cm³/mol. The van der Waals surface area contributed by atoms with Gasteiger partial charge in [-0.05, 0) is 36.2 Å². The number of amides is 1. The lowest BCUT2D eigenvalue weighted by Gasteiger charge is -2.09. The van der Waals surface area contributed by atoms with Gasteiger partial charge in [0.1, 0.15) is 16.7 Å². The fraction of sp³-hybridized carbons (Fsp3) is 0.150. The third kappa shape index (κ3) is 4.92. The zero-order valence-electron chi connectivity index (χ0n) is 15.5. The first-order chi connectivity index (χ1) is 13.9. The highest BCUT2D eigenvalue weighted by Crippen LogP contribution is 2.28. The van der Waals surface area contributed by atoms with Gasteiger partial charge in [0.2, 0.25) is 0 Å². The van der Waals surface area contributed by atoms with Gasteiger partial charge in [-0.15, -0.1) is 0 Å². The summed E-state index contributed by atoms with van der Waals surface area (Å²) in [5.74, 6) is -0.503. The molecule has 8 nitrogen and oxygen atoms in total. The lowest BCUT2D eigenvalue weighted by Crippen LogP contribution is -2.15. The summed E-state index contributed by atoms with van der Waals surface area (Å²) < 4.78 is 4.55. The number of imidazole rings is 1. The van der Waals surface area contributed by atoms with Crippen molar-refractivity contribution in [3.8, 4) is 11.3 Å². The second kappa shape index (κ2) is 8.76. The van der Waals surface area contributed by atoms with E-state index < -0.39 is 18.1 Å². The Bertz CT molecular complexity index is 1030. The van der Waals surface area contributed by atoms with Crippen molar-refractivity contribution >= 4 is 29.4 Å². The summed E-state index contributed by atoms with van der Waals surface area (Å²) in [7, 11) is 1.29. The van der Waals surface area contributed by atoms with E-state index in [9.17, 15) is 9.59 Å². The number of benzene rings is 2. The number of aromatic carboxylic acids is 1. The van der Waals surface area contributed by atoms with Crippen molar-refractivity contribution in [3.05, 3.63) is 70.6 Å². The molecule has 0 aliphatic rings. The van der Waals surface area contributed by atoms with Crippen LogP contribution in [-0.2, 0) is 11.2 Å². The fourth-order valence-corrected chi connectivity index (χ4v) is 3.05. The number of ether oxygens (including phenoxy) is 1. The Labute approximate surface area is 171 Å². The lowest BCUT2D eigenvalue weighted by molar-refractivity contribution is 0.0696. The SMILES string of the molecule is COC(=O)Nc1ccc(-c2nc([C@@H](N)Cc3cccc(C(=O)O)c3)[nH]c2Cl)cc1. The number of halogens is 1. The Morgan fingerprint density at radius 2 is 2.00 bits per heavy atom. The minimum Gasteiger partial charge on any atom is -0.478 e. The largest absolute Gasteiger partial charge is 0.478 e. The molecule has 1 atom stereocenters. The van der Waals surface area contributed by atoms with Gasteiger partial charge in [0.05, 0.1) is 18.7 Å². The number of nitrogens with two attached hydrogens (primary N) is 1. The van der Waals surface area contributed by atoms with Crippen LogP contribution < -0.4 is 11.1 Å². The Balaban J connectivity index is 1.76. The topological polar surface area (TPSA) is 130 Å². The van der Waals surface area contributed by atoms with Crippen LogP contribution in [-0.4, -0.2) is 34.2 Å². The van der Waals surface area contributed by atoms with Crippen LogP contribution in [0.15, 0.2) is 48.5 Å². The van der Waals surface area contributed by atoms with Crippen LogP contribution in [0.3, 0.4) is 0 Å². The summed E-state index contributed by atoms with van der Waals surface area (Å²) >= 11 is 6.30. The van der Waals surface area contributed by atoms with E-state index >= 15 is 0 Å². The number of carboxylic acid groups (broad SMARTS) is 1. The number of rotatable bonds is 6. The van der Waals surface area contributed by atoms with Crippen molar-refractivity contribution in [1.82, 2.24) is 9.97 Å². The van der Waals surface area contributed by atoms with Crippen molar-refractivity contribution in [2.75, 3.05) is 12.4 Å². The van der Waals surface area contributed by atoms with E-state index in [0.717, 1.165) is 11.1 Å². The number of hydrogen-bond acceptors (Lipinski definition) is 5. The van der Waals surface area contributed by atoms with Crippen molar-refractivity contribution in [2.24, 2.45) is 5.73 Å². The van der Waals surface area contributed by atoms with Crippen LogP contribution in [0.4, 0.5) is 10.5 Å². The van der Waals surface area contributed by atoms with E-state index in [1.165, 1.54) is 13.2 Å². The molecular weight excluding hydrogens is 396 g/mol. The first kappa shape index (κ1) is 20.4. The van der Waals surface area contributed by atoms with Gasteiger partial charge in [-0.3, -0.25) is 5.32 Å². The van der Waals surface area contributed by atoms with Crippen molar-refractivity contribution in [2.45, 2.75) is 12.5 Å². The first-order valence-electron chi connectivity index (χ1n) is 8.66. The molecular formula is C20H19ClN4O4. The van der Waals surface area contributed by atoms with Gasteiger partial charge in [0.15, 0.2) is 0 Å². The number of aromatic amines is 1. The quantitative estimate of drug-likeness (QED) is 0.484. The molecule has 9 heteroatoms. The minimum absolute atomic E-state index is 0.202. The standard InChI is InChI=1S/C20H19ClN4O4/c1-29-20(28)23-14-7-5-12(6-8-14)16-17(21)25-18(24-16)15(22)10-11-3-2-4-13(9-11)19(26)27/h2-9,15H,10,22H2,1H3,(H,23,28)(H,24,25)(H,26,27)/t15-/m0/s1. The summed E-state index contributed by atoms with van der Waals surface area (Å²) in [6, 6.07) is 13.0. The molecule has 0 fully saturated rings. The maximum absolute atomic E-state index is 11.3. The van der Waals surface area contributed by atoms with E-state index in [-0.39, 0.29) is 5.56 Å². The normalized spacial score (nSPS) is 11.7. The van der Waals surface area contributed by atoms with Crippen molar-refractivity contribution in [3.63, 3.8) is 0 Å². The average molecular weight is 415 g/mol. The van der Waals surface area contributed by atoms with E-state index in [1.54, 1.807) is 36.4 Å². The monoisotopic (exact) mass is 414 g/mol. The number of nitrogens with zero attached hydrogens (tertiary/aromatic N) is 1. The minimum atomic E-state index is -0.992. The second-order valence-electron chi connectivity index (χ2n) is 6.29. The molecule has 0 aliphatic carbocycles. The number of carbonyl (C=O) groups is 2. The molecule has 0 radical (unpaired) electrons. The Morgan fingerprint density at radius 1 is 1.28 bits per heavy atom. The maximum Gasteiger partial charge on any atom is 0.411 e. The van der Waals surface area contributed by atoms with Gasteiger partial charge in [0, 0.05) is 11.3 Å². The highest BCUT2D eigenvalue weighted by Gasteiger charge is 2.17. The van der Waals surface area contributed by atoms with Crippen LogP contribution in [0.2, 0.25) is 5.15 Å². The van der Waals surface area contributed by atoms with Gasteiger partial charge >= 0.3 is 12.1 Å². The van der Waals surface area contributed by atoms with E-state index in [4.69, 9.17) is 22.4 Å². The van der Waals surface area contributed by atoms with Gasteiger partial charge in [0.25, 0.3) is 0 Å². The molecule has 1 heterocycles. The number of aromatic nitrogens is 2. The number of carboxylic acids is 1. The molecule has 0 bridgehead atoms. The first-order valence-corrected chi connectivity index (χ1v) is 9.03. The molecule has 3 rings (SSSR count). The molecule has 2 aromatic carbocycles. The molecule has 29 heavy (non-hydrogen) atoms. The van der Waals surface area contributed by atoms with Crippen LogP contribution in [0, 0.1) is 0 Å². The number of H-pyrrole nitrogens is 1. The maximum atomic E-state index is 11.3. The third-order valence-electron chi connectivity index (χ3n) is 4.25. The van der Waals surface area contributed by atoms with E-state index in [2.05, 4.69) is 20.0 Å². The van der Waals surface area contributed by atoms with Crippen LogP contribution in [0.25, 0.3) is 11.3 Å². The van der Waals surface area contributed by atoms with Gasteiger partial charge < -0.3 is 20.6 Å². The smallest absolute Gasteiger partial charge is 0.411 e. The molecule has 0 saturated carbocycles. The lowest BCUT2D eigenvalue weighted by atomic mass is 10.0. The average Bonchev–Trinajstić information content (AvgIpc) is 3.10. The van der Waals surface area contributed by atoms with Gasteiger partial charge in [-0.2, -0.15) is 0 Å². The van der Waals surface area contributed by atoms with Gasteiger partial charge in [-0.1, -0.05) is 35.9 Å². The summed E-state index contributed by atoms with van der Waals surface area (Å²) in [5.41, 5.74) is 9.08. The second-order valence-corrected chi connectivity index (χ2v) is 6.67. The van der Waals surface area contributed by atoms with Crippen LogP contribution in [0.5, 0.6) is 0 Å². The number of anilines is 1. The number of nitrogens with one attached hydrogen (secondary N) is 2. The fourth-order valence-electron chi connectivity index (χ4n) is 2.80. The predicted octanol–water partition coefficient (Wildman–Crippen LogP) is 3.85. The molecule has 1 aromatic heterocycles. The molecule has 0 saturated heterocycles. The molecule has 0 aliphatic heterocycles. The van der Waals surface area contributed by atoms with E-state index in [0.29, 0.717) is 28.8 Å². The highest BCUT2D eigenvalue weighted by molar-refractivity contribution is 6.31. The molecule has 0 spiro atoms. The van der Waals surface area contributed by atoms with Crippen LogP contribution in [0.1, 0.15) is 27.8 Å². The highest BCUT2D eigenvalue weighted by atomic mass is 35.5. The van der Waals surface area contributed by atoms with Crippen molar-refractivity contribution in [1.29, 1.82) is 0 Å². The van der Waals surface area contributed by atoms with E-state index in [1.807, 2.05) is 6.07 Å².